The molecule has 4 nitrogen and oxygen atoms in total. The molecular weight excluding hydrogens is 826 g/mol. The van der Waals surface area contributed by atoms with E-state index in [1.54, 1.807) is 0 Å². The maximum atomic E-state index is 9.94. The molecular formula is C63H50BN3O. The van der Waals surface area contributed by atoms with Crippen LogP contribution in [0.3, 0.4) is 0 Å². The second-order valence-corrected chi connectivity index (χ2v) is 20.6. The number of benzene rings is 9. The van der Waals surface area contributed by atoms with Gasteiger partial charge in [0.05, 0.1) is 33.3 Å². The quantitative estimate of drug-likeness (QED) is 0.165. The van der Waals surface area contributed by atoms with E-state index in [2.05, 4.69) is 113 Å². The van der Waals surface area contributed by atoms with Crippen molar-refractivity contribution in [2.75, 3.05) is 9.80 Å². The Labute approximate surface area is 410 Å². The van der Waals surface area contributed by atoms with Crippen LogP contribution in [0.25, 0.3) is 27.5 Å². The fraction of sp³-hybridized carbons (Fsp3) is 0.143. The summed E-state index contributed by atoms with van der Waals surface area (Å²) in [6.07, 6.45) is 0. The highest BCUT2D eigenvalue weighted by molar-refractivity contribution is 7.00. The van der Waals surface area contributed by atoms with Crippen LogP contribution in [0.15, 0.2) is 194 Å². The van der Waals surface area contributed by atoms with Crippen LogP contribution in [-0.4, -0.2) is 11.3 Å². The fourth-order valence-corrected chi connectivity index (χ4v) is 11.8. The molecule has 68 heavy (non-hydrogen) atoms. The molecule has 0 N–H and O–H groups in total. The van der Waals surface area contributed by atoms with Crippen molar-refractivity contribution < 1.29 is 15.7 Å². The Bertz CT molecular complexity index is 4080. The maximum absolute atomic E-state index is 9.94. The number of anilines is 6. The van der Waals surface area contributed by atoms with Crippen molar-refractivity contribution >= 4 is 79.0 Å². The van der Waals surface area contributed by atoms with Crippen molar-refractivity contribution in [2.24, 2.45) is 0 Å². The summed E-state index contributed by atoms with van der Waals surface area (Å²) in [5.74, 6) is 1.53. The van der Waals surface area contributed by atoms with E-state index in [0.717, 1.165) is 94.7 Å². The molecule has 5 heteroatoms. The second kappa shape index (κ2) is 13.7. The molecule has 9 aromatic carbocycles. The van der Waals surface area contributed by atoms with Gasteiger partial charge in [-0.3, -0.25) is 0 Å². The number of nitrogens with zero attached hydrogens (tertiary/aromatic N) is 3. The average Bonchev–Trinajstić information content (AvgIpc) is 3.30. The first-order valence-electron chi connectivity index (χ1n) is 27.5. The molecule has 0 saturated heterocycles. The van der Waals surface area contributed by atoms with Crippen LogP contribution in [0.2, 0.25) is 0 Å². The van der Waals surface area contributed by atoms with Crippen LogP contribution in [0.4, 0.5) is 34.1 Å². The Kier molecular flexibility index (Phi) is 6.44. The third-order valence-electron chi connectivity index (χ3n) is 14.7. The van der Waals surface area contributed by atoms with Gasteiger partial charge in [0.2, 0.25) is 0 Å². The van der Waals surface area contributed by atoms with Crippen LogP contribution in [0, 0.1) is 0 Å². The van der Waals surface area contributed by atoms with Crippen molar-refractivity contribution in [1.29, 1.82) is 0 Å². The summed E-state index contributed by atoms with van der Waals surface area (Å²) in [4.78, 5) is 3.83. The first-order chi connectivity index (χ1) is 36.4. The predicted octanol–water partition coefficient (Wildman–Crippen LogP) is 14.3. The maximum Gasteiger partial charge on any atom is 0.252 e. The molecule has 10 aromatic rings. The first kappa shape index (κ1) is 32.0. The Balaban J connectivity index is 1.18. The lowest BCUT2D eigenvalue weighted by Gasteiger charge is -2.52. The topological polar surface area (TPSA) is 20.6 Å². The van der Waals surface area contributed by atoms with E-state index in [-0.39, 0.29) is 77.6 Å². The molecule has 4 aliphatic heterocycles. The molecule has 326 valence electrons. The number of rotatable bonds is 3. The van der Waals surface area contributed by atoms with Crippen molar-refractivity contribution in [1.82, 2.24) is 4.57 Å². The molecule has 0 saturated carbocycles. The summed E-state index contributed by atoms with van der Waals surface area (Å²) in [5.41, 5.74) is 10.8. The highest BCUT2D eigenvalue weighted by Crippen LogP contribution is 2.63. The molecule has 0 aliphatic carbocycles. The van der Waals surface area contributed by atoms with Crippen LogP contribution in [-0.2, 0) is 16.2 Å². The minimum absolute atomic E-state index is 0.181. The summed E-state index contributed by atoms with van der Waals surface area (Å²) >= 11 is 0. The number of para-hydroxylation sites is 6. The highest BCUT2D eigenvalue weighted by Gasteiger charge is 2.54. The summed E-state index contributed by atoms with van der Waals surface area (Å²) in [6, 6.07) is 48.3. The van der Waals surface area contributed by atoms with Crippen molar-refractivity contribution in [2.45, 2.75) is 57.8 Å². The van der Waals surface area contributed by atoms with E-state index in [4.69, 9.17) is 4.74 Å². The van der Waals surface area contributed by atoms with E-state index in [1.807, 2.05) is 84.0 Å². The Hall–Kier alpha value is -7.76. The van der Waals surface area contributed by atoms with Gasteiger partial charge < -0.3 is 19.1 Å². The molecule has 0 fully saturated rings. The van der Waals surface area contributed by atoms with Gasteiger partial charge >= 0.3 is 0 Å². The van der Waals surface area contributed by atoms with E-state index >= 15 is 0 Å². The van der Waals surface area contributed by atoms with Crippen LogP contribution >= 0.6 is 0 Å². The molecule has 14 rings (SSSR count). The second-order valence-electron chi connectivity index (χ2n) is 20.6. The zero-order chi connectivity index (χ0) is 52.8. The largest absolute Gasteiger partial charge is 0.457 e. The zero-order valence-electron chi connectivity index (χ0n) is 46.7. The molecule has 0 amide bonds. The normalized spacial score (nSPS) is 16.1. The highest BCUT2D eigenvalue weighted by atomic mass is 16.5. The summed E-state index contributed by atoms with van der Waals surface area (Å²) in [7, 11) is 0. The zero-order valence-corrected chi connectivity index (χ0v) is 38.7. The molecule has 0 unspecified atom stereocenters. The first-order valence-corrected chi connectivity index (χ1v) is 23.5. The van der Waals surface area contributed by atoms with Gasteiger partial charge in [-0.1, -0.05) is 175 Å². The number of aromatic nitrogens is 1. The third kappa shape index (κ3) is 5.16. The standard InChI is InChI=1S/C63H50BN3O/c1-61(2,3)39-29-33-41(34-30-39)65(42-35-31-40(32-36-42)62(4,5)6)43-37-54-58-55(38-43)67-53-26-12-8-19-46(53)63(47-20-9-13-27-56(47)68-57-28-14-10-21-48(57)63)49-22-16-24-51(60(49)67)64(58)50-23-15-18-45-44-17-7-11-25-52(44)66(54)59(45)50/h7-38H,1-6H3/i29D,30D,31D,32D,33D,34D,35D,36D. The van der Waals surface area contributed by atoms with Gasteiger partial charge in [-0.05, 0) is 110 Å². The minimum Gasteiger partial charge on any atom is -0.457 e. The minimum atomic E-state index is -0.850. The van der Waals surface area contributed by atoms with Gasteiger partial charge in [0.1, 0.15) is 11.5 Å². The van der Waals surface area contributed by atoms with Gasteiger partial charge in [-0.25, -0.2) is 0 Å². The average molecular weight is 884 g/mol. The van der Waals surface area contributed by atoms with E-state index < -0.39 is 16.2 Å². The SMILES string of the molecule is [2H]c1c([2H])c(C(C)(C)C)c([2H])c([2H])c1N(c1cc2c3c(c1)-n1c4ccccc4c4cccc(c41)B3c1cccc3c1N2c1ccccc1C31c2ccccc2Oc2ccccc21)c1c([2H])c([2H])c(C(C)(C)C)c([2H])c1[2H]. The molecule has 5 heterocycles. The smallest absolute Gasteiger partial charge is 0.252 e. The predicted molar refractivity (Wildman–Crippen MR) is 284 cm³/mol. The Morgan fingerprint density at radius 2 is 1.03 bits per heavy atom. The van der Waals surface area contributed by atoms with Gasteiger partial charge in [0, 0.05) is 55.9 Å². The molecule has 1 spiro atoms. The number of fused-ring (bicyclic) bond motifs is 15. The van der Waals surface area contributed by atoms with Crippen molar-refractivity contribution in [3.8, 4) is 17.2 Å². The van der Waals surface area contributed by atoms with Crippen molar-refractivity contribution in [3.63, 3.8) is 0 Å². The number of ether oxygens (including phenoxy) is 1. The van der Waals surface area contributed by atoms with Crippen LogP contribution in [0.5, 0.6) is 11.5 Å². The van der Waals surface area contributed by atoms with Gasteiger partial charge in [0.25, 0.3) is 6.71 Å². The lowest BCUT2D eigenvalue weighted by molar-refractivity contribution is 0.434. The van der Waals surface area contributed by atoms with E-state index in [1.165, 1.54) is 4.90 Å². The number of hydrogen-bond donors (Lipinski definition) is 0. The van der Waals surface area contributed by atoms with Crippen LogP contribution < -0.4 is 30.9 Å². The summed E-state index contributed by atoms with van der Waals surface area (Å²) in [5, 5.41) is 2.12. The van der Waals surface area contributed by atoms with Gasteiger partial charge in [-0.2, -0.15) is 0 Å². The fourth-order valence-electron chi connectivity index (χ4n) is 11.8. The molecule has 1 aromatic heterocycles. The van der Waals surface area contributed by atoms with Crippen molar-refractivity contribution in [3.05, 3.63) is 227 Å². The summed E-state index contributed by atoms with van der Waals surface area (Å²) in [6.45, 7) is 10.8. The lowest BCUT2D eigenvalue weighted by Crippen LogP contribution is -2.61. The van der Waals surface area contributed by atoms with E-state index in [0.29, 0.717) is 5.69 Å². The number of hydrogen-bond acceptors (Lipinski definition) is 3. The third-order valence-corrected chi connectivity index (χ3v) is 14.7. The molecule has 0 atom stereocenters. The van der Waals surface area contributed by atoms with E-state index in [9.17, 15) is 11.0 Å². The summed E-state index contributed by atoms with van der Waals surface area (Å²) < 4.78 is 87.2. The lowest BCUT2D eigenvalue weighted by atomic mass is 9.33. The van der Waals surface area contributed by atoms with Crippen LogP contribution in [0.1, 0.15) is 85.9 Å². The monoisotopic (exact) mass is 883 g/mol. The van der Waals surface area contributed by atoms with Gasteiger partial charge in [0.15, 0.2) is 0 Å². The molecule has 0 bridgehead atoms. The van der Waals surface area contributed by atoms with Gasteiger partial charge in [-0.15, -0.1) is 0 Å². The Morgan fingerprint density at radius 1 is 0.500 bits per heavy atom. The molecule has 0 radical (unpaired) electrons. The Morgan fingerprint density at radius 3 is 1.69 bits per heavy atom. The molecule has 4 aliphatic rings.